The lowest BCUT2D eigenvalue weighted by Crippen LogP contribution is -2.38. The Labute approximate surface area is 207 Å². The summed E-state index contributed by atoms with van der Waals surface area (Å²) >= 11 is 6.06. The van der Waals surface area contributed by atoms with Crippen molar-refractivity contribution in [3.05, 3.63) is 57.6 Å². The normalized spacial score (nSPS) is 15.5. The summed E-state index contributed by atoms with van der Waals surface area (Å²) in [7, 11) is 3.08. The number of amides is 2. The van der Waals surface area contributed by atoms with Crippen LogP contribution in [0.15, 0.2) is 41.2 Å². The quantitative estimate of drug-likeness (QED) is 0.510. The third kappa shape index (κ3) is 5.09. The number of rotatable bonds is 8. The maximum Gasteiger partial charge on any atom is 0.258 e. The van der Waals surface area contributed by atoms with Gasteiger partial charge in [0.2, 0.25) is 11.8 Å². The standard InChI is InChI=1S/C25H27ClN4O5/c1-4-9-29(14-22-27-19-11-16(26)5-7-18(19)24(32)28-22)25(33)15-10-23(31)30(13-15)20-12-17(34-2)6-8-21(20)35-3/h5-8,11-12,15H,4,9-10,13-14H2,1-3H3,(H,27,28,32)/t15-/m1/s1. The molecule has 1 aromatic heterocycles. The van der Waals surface area contributed by atoms with Gasteiger partial charge in [-0.3, -0.25) is 14.4 Å². The monoisotopic (exact) mass is 498 g/mol. The number of halogens is 1. The van der Waals surface area contributed by atoms with Crippen LogP contribution in [0.3, 0.4) is 0 Å². The molecule has 1 atom stereocenters. The Morgan fingerprint density at radius 2 is 2.00 bits per heavy atom. The van der Waals surface area contributed by atoms with Crippen LogP contribution in [0.5, 0.6) is 11.5 Å². The molecule has 0 radical (unpaired) electrons. The number of carbonyl (C=O) groups excluding carboxylic acids is 2. The molecule has 0 spiro atoms. The molecule has 9 nitrogen and oxygen atoms in total. The van der Waals surface area contributed by atoms with Gasteiger partial charge >= 0.3 is 0 Å². The Morgan fingerprint density at radius 3 is 2.71 bits per heavy atom. The second kappa shape index (κ2) is 10.4. The molecule has 2 heterocycles. The number of ether oxygens (including phenoxy) is 2. The van der Waals surface area contributed by atoms with Crippen LogP contribution in [0.25, 0.3) is 10.9 Å². The number of benzene rings is 2. The van der Waals surface area contributed by atoms with Crippen molar-refractivity contribution in [2.24, 2.45) is 5.92 Å². The van der Waals surface area contributed by atoms with Crippen LogP contribution >= 0.6 is 11.6 Å². The average Bonchev–Trinajstić information content (AvgIpc) is 3.23. The fourth-order valence-electron chi connectivity index (χ4n) is 4.33. The Morgan fingerprint density at radius 1 is 1.20 bits per heavy atom. The summed E-state index contributed by atoms with van der Waals surface area (Å²) in [5.74, 6) is 0.599. The van der Waals surface area contributed by atoms with E-state index in [1.54, 1.807) is 53.3 Å². The van der Waals surface area contributed by atoms with Gasteiger partial charge in [-0.25, -0.2) is 4.98 Å². The second-order valence-electron chi connectivity index (χ2n) is 8.38. The predicted molar refractivity (Wildman–Crippen MR) is 133 cm³/mol. The van der Waals surface area contributed by atoms with Crippen LogP contribution in [-0.2, 0) is 16.1 Å². The molecule has 35 heavy (non-hydrogen) atoms. The van der Waals surface area contributed by atoms with Crippen molar-refractivity contribution < 1.29 is 19.1 Å². The van der Waals surface area contributed by atoms with Gasteiger partial charge < -0.3 is 24.3 Å². The zero-order valence-corrected chi connectivity index (χ0v) is 20.6. The number of aromatic nitrogens is 2. The third-order valence-corrected chi connectivity index (χ3v) is 6.25. The molecule has 0 unspecified atom stereocenters. The minimum Gasteiger partial charge on any atom is -0.497 e. The summed E-state index contributed by atoms with van der Waals surface area (Å²) in [6.07, 6.45) is 0.792. The van der Waals surface area contributed by atoms with E-state index >= 15 is 0 Å². The van der Waals surface area contributed by atoms with Crippen molar-refractivity contribution in [3.8, 4) is 11.5 Å². The van der Waals surface area contributed by atoms with E-state index in [1.165, 1.54) is 7.11 Å². The number of carbonyl (C=O) groups is 2. The Kier molecular flexibility index (Phi) is 7.25. The van der Waals surface area contributed by atoms with Gasteiger partial charge in [-0.2, -0.15) is 0 Å². The first-order valence-electron chi connectivity index (χ1n) is 11.3. The Bertz CT molecular complexity index is 1320. The van der Waals surface area contributed by atoms with Gasteiger partial charge in [-0.05, 0) is 36.8 Å². The number of anilines is 1. The lowest BCUT2D eigenvalue weighted by molar-refractivity contribution is -0.136. The van der Waals surface area contributed by atoms with Crippen molar-refractivity contribution >= 4 is 40.0 Å². The summed E-state index contributed by atoms with van der Waals surface area (Å²) in [5.41, 5.74) is 0.733. The third-order valence-electron chi connectivity index (χ3n) is 6.01. The van der Waals surface area contributed by atoms with E-state index in [4.69, 9.17) is 21.1 Å². The van der Waals surface area contributed by atoms with Gasteiger partial charge in [0.25, 0.3) is 5.56 Å². The maximum atomic E-state index is 13.5. The van der Waals surface area contributed by atoms with Crippen molar-refractivity contribution in [1.29, 1.82) is 0 Å². The van der Waals surface area contributed by atoms with Crippen molar-refractivity contribution in [2.45, 2.75) is 26.3 Å². The predicted octanol–water partition coefficient (Wildman–Crippen LogP) is 3.39. The Hall–Kier alpha value is -3.59. The summed E-state index contributed by atoms with van der Waals surface area (Å²) < 4.78 is 10.7. The van der Waals surface area contributed by atoms with Gasteiger partial charge in [0.1, 0.15) is 17.3 Å². The second-order valence-corrected chi connectivity index (χ2v) is 8.81. The minimum absolute atomic E-state index is 0.0800. The zero-order valence-electron chi connectivity index (χ0n) is 19.8. The Balaban J connectivity index is 1.57. The van der Waals surface area contributed by atoms with Crippen LogP contribution in [0, 0.1) is 5.92 Å². The topological polar surface area (TPSA) is 105 Å². The van der Waals surface area contributed by atoms with E-state index in [2.05, 4.69) is 9.97 Å². The molecule has 0 aliphatic carbocycles. The molecule has 4 rings (SSSR count). The van der Waals surface area contributed by atoms with Crippen LogP contribution in [-0.4, -0.2) is 54.0 Å². The lowest BCUT2D eigenvalue weighted by Gasteiger charge is -2.25. The van der Waals surface area contributed by atoms with E-state index in [1.807, 2.05) is 6.92 Å². The lowest BCUT2D eigenvalue weighted by atomic mass is 10.1. The number of fused-ring (bicyclic) bond motifs is 1. The molecule has 1 fully saturated rings. The van der Waals surface area contributed by atoms with Gasteiger partial charge in [0, 0.05) is 30.6 Å². The molecule has 1 saturated heterocycles. The molecular formula is C25H27ClN4O5. The van der Waals surface area contributed by atoms with Crippen LogP contribution in [0.2, 0.25) is 5.02 Å². The first-order valence-corrected chi connectivity index (χ1v) is 11.7. The van der Waals surface area contributed by atoms with E-state index in [0.717, 1.165) is 0 Å². The van der Waals surface area contributed by atoms with Crippen molar-refractivity contribution in [1.82, 2.24) is 14.9 Å². The van der Waals surface area contributed by atoms with Crippen LogP contribution < -0.4 is 19.9 Å². The van der Waals surface area contributed by atoms with Crippen LogP contribution in [0.4, 0.5) is 5.69 Å². The van der Waals surface area contributed by atoms with Gasteiger partial charge in [-0.15, -0.1) is 0 Å². The molecule has 184 valence electrons. The van der Waals surface area contributed by atoms with E-state index in [9.17, 15) is 14.4 Å². The van der Waals surface area contributed by atoms with Crippen molar-refractivity contribution in [2.75, 3.05) is 32.2 Å². The molecule has 2 amide bonds. The fourth-order valence-corrected chi connectivity index (χ4v) is 4.49. The molecular weight excluding hydrogens is 472 g/mol. The molecule has 1 N–H and O–H groups in total. The largest absolute Gasteiger partial charge is 0.497 e. The van der Waals surface area contributed by atoms with Gasteiger partial charge in [0.15, 0.2) is 0 Å². The molecule has 2 aromatic carbocycles. The average molecular weight is 499 g/mol. The number of aromatic amines is 1. The highest BCUT2D eigenvalue weighted by atomic mass is 35.5. The molecule has 10 heteroatoms. The van der Waals surface area contributed by atoms with Crippen LogP contribution in [0.1, 0.15) is 25.6 Å². The zero-order chi connectivity index (χ0) is 25.1. The molecule has 1 aliphatic heterocycles. The van der Waals surface area contributed by atoms with E-state index in [0.29, 0.717) is 51.9 Å². The maximum absolute atomic E-state index is 13.5. The SMILES string of the molecule is CCCN(Cc1nc2cc(Cl)ccc2c(=O)[nH]1)C(=O)[C@@H]1CC(=O)N(c2cc(OC)ccc2OC)C1. The number of nitrogens with zero attached hydrogens (tertiary/aromatic N) is 3. The fraction of sp³-hybridized carbons (Fsp3) is 0.360. The van der Waals surface area contributed by atoms with Crippen molar-refractivity contribution in [3.63, 3.8) is 0 Å². The number of nitrogens with one attached hydrogen (secondary N) is 1. The van der Waals surface area contributed by atoms with Gasteiger partial charge in [-0.1, -0.05) is 18.5 Å². The molecule has 3 aromatic rings. The highest BCUT2D eigenvalue weighted by molar-refractivity contribution is 6.31. The highest BCUT2D eigenvalue weighted by Crippen LogP contribution is 2.36. The summed E-state index contributed by atoms with van der Waals surface area (Å²) in [6, 6.07) is 10.1. The minimum atomic E-state index is -0.536. The summed E-state index contributed by atoms with van der Waals surface area (Å²) in [4.78, 5) is 49.4. The molecule has 0 bridgehead atoms. The van der Waals surface area contributed by atoms with E-state index < -0.39 is 5.92 Å². The smallest absolute Gasteiger partial charge is 0.258 e. The van der Waals surface area contributed by atoms with E-state index in [-0.39, 0.29) is 36.9 Å². The number of methoxy groups -OCH3 is 2. The highest BCUT2D eigenvalue weighted by Gasteiger charge is 2.38. The first-order chi connectivity index (χ1) is 16.8. The van der Waals surface area contributed by atoms with Gasteiger partial charge in [0.05, 0.1) is 43.3 Å². The number of H-pyrrole nitrogens is 1. The number of hydrogen-bond acceptors (Lipinski definition) is 6. The number of hydrogen-bond donors (Lipinski definition) is 1. The summed E-state index contributed by atoms with van der Waals surface area (Å²) in [6.45, 7) is 2.77. The molecule has 0 saturated carbocycles. The first kappa shape index (κ1) is 24.5. The molecule has 1 aliphatic rings. The summed E-state index contributed by atoms with van der Waals surface area (Å²) in [5, 5.41) is 0.899.